The lowest BCUT2D eigenvalue weighted by Gasteiger charge is -2.09. The minimum absolute atomic E-state index is 0.123. The molecule has 2 amide bonds. The smallest absolute Gasteiger partial charge is 0.228 e. The van der Waals surface area contributed by atoms with E-state index in [4.69, 9.17) is 17.3 Å². The molecule has 0 heterocycles. The number of amides is 2. The van der Waals surface area contributed by atoms with Crippen molar-refractivity contribution >= 4 is 29.1 Å². The molecular formula is C12H15ClN2O2. The number of nitrogens with two attached hydrogens (primary N) is 1. The van der Waals surface area contributed by atoms with Crippen molar-refractivity contribution in [3.8, 4) is 0 Å². The number of rotatable bonds is 5. The second-order valence-corrected chi connectivity index (χ2v) is 4.19. The summed E-state index contributed by atoms with van der Waals surface area (Å²) in [6.45, 7) is 1.75. The Hall–Kier alpha value is -1.55. The summed E-state index contributed by atoms with van der Waals surface area (Å²) in [6.07, 6.45) is 0.201. The highest BCUT2D eigenvalue weighted by Crippen LogP contribution is 2.11. The zero-order valence-corrected chi connectivity index (χ0v) is 10.3. The van der Waals surface area contributed by atoms with Crippen molar-refractivity contribution in [2.75, 3.05) is 11.2 Å². The van der Waals surface area contributed by atoms with Crippen LogP contribution in [0.4, 0.5) is 5.69 Å². The molecule has 0 radical (unpaired) electrons. The number of anilines is 1. The molecule has 1 atom stereocenters. The molecule has 0 bridgehead atoms. The van der Waals surface area contributed by atoms with Crippen LogP contribution in [0.5, 0.6) is 0 Å². The first-order chi connectivity index (χ1) is 8.02. The van der Waals surface area contributed by atoms with Crippen molar-refractivity contribution in [3.63, 3.8) is 0 Å². The molecule has 0 aromatic heterocycles. The maximum Gasteiger partial charge on any atom is 0.228 e. The summed E-state index contributed by atoms with van der Waals surface area (Å²) >= 11 is 5.58. The molecule has 0 aliphatic heterocycles. The largest absolute Gasteiger partial charge is 0.369 e. The first-order valence-electron chi connectivity index (χ1n) is 5.27. The monoisotopic (exact) mass is 254 g/mol. The Balaban J connectivity index is 2.62. The van der Waals surface area contributed by atoms with Gasteiger partial charge in [-0.05, 0) is 17.7 Å². The van der Waals surface area contributed by atoms with Gasteiger partial charge >= 0.3 is 0 Å². The Morgan fingerprint density at radius 2 is 1.94 bits per heavy atom. The summed E-state index contributed by atoms with van der Waals surface area (Å²) < 4.78 is 0. The Morgan fingerprint density at radius 3 is 2.41 bits per heavy atom. The quantitative estimate of drug-likeness (QED) is 0.782. The van der Waals surface area contributed by atoms with E-state index < -0.39 is 0 Å². The van der Waals surface area contributed by atoms with Gasteiger partial charge in [-0.15, -0.1) is 11.6 Å². The number of carbonyl (C=O) groups excluding carboxylic acids is 2. The average Bonchev–Trinajstić information content (AvgIpc) is 2.30. The average molecular weight is 255 g/mol. The van der Waals surface area contributed by atoms with Crippen molar-refractivity contribution in [1.82, 2.24) is 0 Å². The van der Waals surface area contributed by atoms with Gasteiger partial charge in [0.2, 0.25) is 11.8 Å². The van der Waals surface area contributed by atoms with Crippen LogP contribution in [0.2, 0.25) is 0 Å². The second-order valence-electron chi connectivity index (χ2n) is 3.88. The maximum absolute atomic E-state index is 11.5. The van der Waals surface area contributed by atoms with E-state index in [-0.39, 0.29) is 30.0 Å². The number of hydrogen-bond acceptors (Lipinski definition) is 2. The van der Waals surface area contributed by atoms with Crippen LogP contribution in [-0.2, 0) is 16.0 Å². The molecule has 0 saturated carbocycles. The molecule has 92 valence electrons. The Bertz CT molecular complexity index is 403. The lowest BCUT2D eigenvalue weighted by molar-refractivity contribution is -0.119. The molecule has 0 aliphatic rings. The number of carbonyl (C=O) groups is 2. The highest BCUT2D eigenvalue weighted by Gasteiger charge is 2.11. The maximum atomic E-state index is 11.5. The predicted octanol–water partition coefficient (Wildman–Crippen LogP) is 1.53. The predicted molar refractivity (Wildman–Crippen MR) is 67.9 cm³/mol. The summed E-state index contributed by atoms with van der Waals surface area (Å²) in [6, 6.07) is 6.98. The highest BCUT2D eigenvalue weighted by molar-refractivity contribution is 6.19. The van der Waals surface area contributed by atoms with E-state index in [0.29, 0.717) is 5.69 Å². The van der Waals surface area contributed by atoms with Gasteiger partial charge in [0.25, 0.3) is 0 Å². The van der Waals surface area contributed by atoms with Crippen LogP contribution in [0.15, 0.2) is 24.3 Å². The van der Waals surface area contributed by atoms with E-state index in [1.807, 2.05) is 0 Å². The van der Waals surface area contributed by atoms with Crippen molar-refractivity contribution in [2.45, 2.75) is 13.3 Å². The lowest BCUT2D eigenvalue weighted by Crippen LogP contribution is -2.21. The standard InChI is InChI=1S/C12H15ClN2O2/c1-8(7-13)12(17)15-10-4-2-9(3-5-10)6-11(14)16/h2-5,8H,6-7H2,1H3,(H2,14,16)(H,15,17). The SMILES string of the molecule is CC(CCl)C(=O)Nc1ccc(CC(N)=O)cc1. The number of primary amides is 1. The molecule has 0 spiro atoms. The second kappa shape index (κ2) is 6.25. The number of nitrogens with one attached hydrogen (secondary N) is 1. The summed E-state index contributed by atoms with van der Waals surface area (Å²) in [5.41, 5.74) is 6.58. The fourth-order valence-corrected chi connectivity index (χ4v) is 1.38. The minimum atomic E-state index is -0.377. The summed E-state index contributed by atoms with van der Waals surface area (Å²) in [5, 5.41) is 2.73. The molecule has 0 aliphatic carbocycles. The topological polar surface area (TPSA) is 72.2 Å². The van der Waals surface area contributed by atoms with Gasteiger partial charge in [-0.1, -0.05) is 19.1 Å². The lowest BCUT2D eigenvalue weighted by atomic mass is 10.1. The van der Waals surface area contributed by atoms with Gasteiger partial charge in [0.15, 0.2) is 0 Å². The number of hydrogen-bond donors (Lipinski definition) is 2. The molecule has 0 fully saturated rings. The zero-order chi connectivity index (χ0) is 12.8. The molecule has 1 unspecified atom stereocenters. The van der Waals surface area contributed by atoms with Crippen LogP contribution in [0.3, 0.4) is 0 Å². The molecule has 0 saturated heterocycles. The van der Waals surface area contributed by atoms with Crippen LogP contribution in [0.25, 0.3) is 0 Å². The number of halogens is 1. The Labute approximate surface area is 105 Å². The molecule has 1 aromatic carbocycles. The van der Waals surface area contributed by atoms with Gasteiger partial charge in [0.05, 0.1) is 6.42 Å². The van der Waals surface area contributed by atoms with Gasteiger partial charge < -0.3 is 11.1 Å². The molecular weight excluding hydrogens is 240 g/mol. The normalized spacial score (nSPS) is 11.9. The fourth-order valence-electron chi connectivity index (χ4n) is 1.24. The van der Waals surface area contributed by atoms with Crippen molar-refractivity contribution in [1.29, 1.82) is 0 Å². The van der Waals surface area contributed by atoms with Gasteiger partial charge in [-0.3, -0.25) is 9.59 Å². The minimum Gasteiger partial charge on any atom is -0.369 e. The highest BCUT2D eigenvalue weighted by atomic mass is 35.5. The Morgan fingerprint density at radius 1 is 1.35 bits per heavy atom. The molecule has 1 rings (SSSR count). The molecule has 3 N–H and O–H groups in total. The third-order valence-corrected chi connectivity index (χ3v) is 2.74. The molecule has 17 heavy (non-hydrogen) atoms. The van der Waals surface area contributed by atoms with E-state index in [9.17, 15) is 9.59 Å². The third-order valence-electron chi connectivity index (χ3n) is 2.28. The van der Waals surface area contributed by atoms with Gasteiger partial charge in [0, 0.05) is 17.5 Å². The first kappa shape index (κ1) is 13.5. The van der Waals surface area contributed by atoms with Gasteiger partial charge in [-0.2, -0.15) is 0 Å². The van der Waals surface area contributed by atoms with Crippen molar-refractivity contribution < 1.29 is 9.59 Å². The van der Waals surface area contributed by atoms with Crippen LogP contribution >= 0.6 is 11.6 Å². The van der Waals surface area contributed by atoms with E-state index in [0.717, 1.165) is 5.56 Å². The van der Waals surface area contributed by atoms with E-state index in [1.165, 1.54) is 0 Å². The summed E-state index contributed by atoms with van der Waals surface area (Å²) in [7, 11) is 0. The summed E-state index contributed by atoms with van der Waals surface area (Å²) in [4.78, 5) is 22.2. The van der Waals surface area contributed by atoms with Crippen LogP contribution in [0.1, 0.15) is 12.5 Å². The van der Waals surface area contributed by atoms with Crippen LogP contribution in [0, 0.1) is 5.92 Å². The van der Waals surface area contributed by atoms with E-state index >= 15 is 0 Å². The number of benzene rings is 1. The number of alkyl halides is 1. The van der Waals surface area contributed by atoms with Crippen LogP contribution < -0.4 is 11.1 Å². The first-order valence-corrected chi connectivity index (χ1v) is 5.80. The fraction of sp³-hybridized carbons (Fsp3) is 0.333. The van der Waals surface area contributed by atoms with Gasteiger partial charge in [0.1, 0.15) is 0 Å². The zero-order valence-electron chi connectivity index (χ0n) is 9.57. The van der Waals surface area contributed by atoms with Crippen molar-refractivity contribution in [3.05, 3.63) is 29.8 Å². The molecule has 5 heteroatoms. The molecule has 1 aromatic rings. The summed E-state index contributed by atoms with van der Waals surface area (Å²) in [5.74, 6) is -0.451. The van der Waals surface area contributed by atoms with E-state index in [2.05, 4.69) is 5.32 Å². The van der Waals surface area contributed by atoms with Gasteiger partial charge in [-0.25, -0.2) is 0 Å². The van der Waals surface area contributed by atoms with E-state index in [1.54, 1.807) is 31.2 Å². The third kappa shape index (κ3) is 4.44. The van der Waals surface area contributed by atoms with Crippen molar-refractivity contribution in [2.24, 2.45) is 11.7 Å². The Kier molecular flexibility index (Phi) is 4.97. The van der Waals surface area contributed by atoms with Crippen LogP contribution in [-0.4, -0.2) is 17.7 Å². The molecule has 4 nitrogen and oxygen atoms in total.